The molecule has 288 valence electrons. The first-order valence-corrected chi connectivity index (χ1v) is 21.7. The van der Waals surface area contributed by atoms with Gasteiger partial charge in [0, 0.05) is 42.9 Å². The van der Waals surface area contributed by atoms with Gasteiger partial charge in [-0.3, -0.25) is 0 Å². The molecule has 13 rings (SSSR count). The fourth-order valence-electron chi connectivity index (χ4n) is 9.33. The average molecular weight is 807 g/mol. The SMILES string of the molecule is c1ccc(-c2ccc(-c3nc(-c4ccc5ccccc5c4)nc(-c4ccc5c(sc6cc7ccccc7cc65)c4-n4c5ccccc5c5cc6ccccc6cc54)n3)cc2)cc1. The van der Waals surface area contributed by atoms with Gasteiger partial charge in [0.25, 0.3) is 0 Å². The van der Waals surface area contributed by atoms with Crippen LogP contribution in [-0.4, -0.2) is 19.5 Å². The number of para-hydroxylation sites is 1. The number of hydrogen-bond acceptors (Lipinski definition) is 4. The minimum absolute atomic E-state index is 0.622. The Morgan fingerprint density at radius 1 is 0.323 bits per heavy atom. The maximum absolute atomic E-state index is 5.43. The summed E-state index contributed by atoms with van der Waals surface area (Å²) >= 11 is 1.84. The summed E-state index contributed by atoms with van der Waals surface area (Å²) < 4.78 is 4.90. The summed E-state index contributed by atoms with van der Waals surface area (Å²) in [7, 11) is 0. The van der Waals surface area contributed by atoms with Crippen molar-refractivity contribution in [2.24, 2.45) is 0 Å². The molecule has 5 heteroatoms. The summed E-state index contributed by atoms with van der Waals surface area (Å²) in [5.74, 6) is 1.88. The molecule has 0 fully saturated rings. The number of rotatable bonds is 5. The fourth-order valence-corrected chi connectivity index (χ4v) is 10.6. The second-order valence-electron chi connectivity index (χ2n) is 16.0. The number of benzene rings is 10. The van der Waals surface area contributed by atoms with Crippen LogP contribution in [0.15, 0.2) is 206 Å². The van der Waals surface area contributed by atoms with Crippen LogP contribution in [0.4, 0.5) is 0 Å². The van der Waals surface area contributed by atoms with Gasteiger partial charge in [-0.15, -0.1) is 11.3 Å². The minimum Gasteiger partial charge on any atom is -0.307 e. The highest BCUT2D eigenvalue weighted by atomic mass is 32.1. The number of thiophene rings is 1. The predicted octanol–water partition coefficient (Wildman–Crippen LogP) is 15.5. The van der Waals surface area contributed by atoms with Crippen LogP contribution in [0.2, 0.25) is 0 Å². The molecule has 0 aliphatic heterocycles. The zero-order valence-electron chi connectivity index (χ0n) is 33.3. The van der Waals surface area contributed by atoms with E-state index in [1.54, 1.807) is 0 Å². The zero-order valence-corrected chi connectivity index (χ0v) is 34.1. The van der Waals surface area contributed by atoms with Gasteiger partial charge in [-0.1, -0.05) is 164 Å². The lowest BCUT2D eigenvalue weighted by Gasteiger charge is -2.16. The van der Waals surface area contributed by atoms with Crippen molar-refractivity contribution in [3.8, 4) is 51.0 Å². The van der Waals surface area contributed by atoms with E-state index >= 15 is 0 Å². The molecular weight excluding hydrogens is 773 g/mol. The van der Waals surface area contributed by atoms with Crippen molar-refractivity contribution in [2.45, 2.75) is 0 Å². The molecule has 0 atom stereocenters. The van der Waals surface area contributed by atoms with Crippen molar-refractivity contribution in [1.29, 1.82) is 0 Å². The Morgan fingerprint density at radius 2 is 0.871 bits per heavy atom. The molecule has 0 aliphatic rings. The fraction of sp³-hybridized carbons (Fsp3) is 0. The van der Waals surface area contributed by atoms with Crippen LogP contribution >= 0.6 is 11.3 Å². The van der Waals surface area contributed by atoms with Crippen molar-refractivity contribution >= 4 is 85.6 Å². The van der Waals surface area contributed by atoms with Gasteiger partial charge in [-0.2, -0.15) is 0 Å². The van der Waals surface area contributed by atoms with Gasteiger partial charge in [-0.25, -0.2) is 15.0 Å². The monoisotopic (exact) mass is 806 g/mol. The first-order chi connectivity index (χ1) is 30.7. The molecule has 62 heavy (non-hydrogen) atoms. The maximum Gasteiger partial charge on any atom is 0.166 e. The Hall–Kier alpha value is -7.99. The molecule has 0 saturated heterocycles. The molecule has 0 saturated carbocycles. The van der Waals surface area contributed by atoms with E-state index in [1.807, 2.05) is 17.4 Å². The van der Waals surface area contributed by atoms with Gasteiger partial charge in [0.05, 0.1) is 21.4 Å². The lowest BCUT2D eigenvalue weighted by molar-refractivity contribution is 1.07. The lowest BCUT2D eigenvalue weighted by atomic mass is 10.0. The molecule has 13 aromatic rings. The van der Waals surface area contributed by atoms with E-state index in [0.717, 1.165) is 44.4 Å². The maximum atomic E-state index is 5.43. The second-order valence-corrected chi connectivity index (χ2v) is 17.1. The molecule has 3 aromatic heterocycles. The van der Waals surface area contributed by atoms with E-state index in [2.05, 4.69) is 205 Å². The van der Waals surface area contributed by atoms with E-state index in [1.165, 1.54) is 63.4 Å². The van der Waals surface area contributed by atoms with E-state index in [-0.39, 0.29) is 0 Å². The highest BCUT2D eigenvalue weighted by Crippen LogP contribution is 2.46. The molecule has 0 amide bonds. The van der Waals surface area contributed by atoms with Gasteiger partial charge < -0.3 is 4.57 Å². The third-order valence-electron chi connectivity index (χ3n) is 12.4. The van der Waals surface area contributed by atoms with Crippen molar-refractivity contribution in [3.05, 3.63) is 206 Å². The summed E-state index contributed by atoms with van der Waals surface area (Å²) in [5, 5.41) is 12.1. The molecule has 10 aromatic carbocycles. The first kappa shape index (κ1) is 34.8. The number of hydrogen-bond donors (Lipinski definition) is 0. The van der Waals surface area contributed by atoms with Gasteiger partial charge >= 0.3 is 0 Å². The molecule has 4 nitrogen and oxygen atoms in total. The second kappa shape index (κ2) is 13.8. The molecule has 0 unspecified atom stereocenters. The molecule has 0 radical (unpaired) electrons. The summed E-state index contributed by atoms with van der Waals surface area (Å²) in [4.78, 5) is 16.1. The summed E-state index contributed by atoms with van der Waals surface area (Å²) in [6.07, 6.45) is 0. The number of nitrogens with zero attached hydrogens (tertiary/aromatic N) is 4. The Balaban J connectivity index is 1.13. The standard InChI is InChI=1S/C57H34N4S/c1-2-12-35(13-3-1)37-22-25-38(26-23-37)55-58-56(44-27-24-36-14-4-5-15-39(36)30-44)60-57(59-55)47-29-28-46-49-32-41-17-7-9-19-43(41)34-52(49)62-54(46)53(47)61-50-21-11-10-20-45(50)48-31-40-16-6-8-18-42(40)33-51(48)61/h1-34H. The highest BCUT2D eigenvalue weighted by Gasteiger charge is 2.24. The third-order valence-corrected chi connectivity index (χ3v) is 13.6. The largest absolute Gasteiger partial charge is 0.307 e. The lowest BCUT2D eigenvalue weighted by Crippen LogP contribution is -2.04. The Labute approximate surface area is 360 Å². The van der Waals surface area contributed by atoms with Crippen LogP contribution in [0.25, 0.3) is 125 Å². The van der Waals surface area contributed by atoms with Crippen LogP contribution in [-0.2, 0) is 0 Å². The van der Waals surface area contributed by atoms with E-state index < -0.39 is 0 Å². The van der Waals surface area contributed by atoms with Crippen LogP contribution in [0.1, 0.15) is 0 Å². The summed E-state index contributed by atoms with van der Waals surface area (Å²) in [6, 6.07) is 74.0. The van der Waals surface area contributed by atoms with E-state index in [9.17, 15) is 0 Å². The smallest absolute Gasteiger partial charge is 0.166 e. The van der Waals surface area contributed by atoms with Gasteiger partial charge in [0.15, 0.2) is 17.5 Å². The Kier molecular flexibility index (Phi) is 7.74. The Morgan fingerprint density at radius 3 is 1.63 bits per heavy atom. The average Bonchev–Trinajstić information content (AvgIpc) is 3.86. The van der Waals surface area contributed by atoms with Crippen molar-refractivity contribution < 1.29 is 0 Å². The summed E-state index contributed by atoms with van der Waals surface area (Å²) in [5.41, 5.74) is 8.45. The Bertz CT molecular complexity index is 3920. The van der Waals surface area contributed by atoms with Crippen molar-refractivity contribution in [1.82, 2.24) is 19.5 Å². The third kappa shape index (κ3) is 5.56. The molecule has 3 heterocycles. The molecule has 0 aliphatic carbocycles. The van der Waals surface area contributed by atoms with Gasteiger partial charge in [-0.05, 0) is 85.9 Å². The minimum atomic E-state index is 0.622. The number of fused-ring (bicyclic) bond motifs is 9. The molecule has 0 N–H and O–H groups in total. The number of aromatic nitrogens is 4. The quantitative estimate of drug-likeness (QED) is 0.174. The van der Waals surface area contributed by atoms with Gasteiger partial charge in [0.1, 0.15) is 0 Å². The highest BCUT2D eigenvalue weighted by molar-refractivity contribution is 7.26. The molecule has 0 spiro atoms. The van der Waals surface area contributed by atoms with Crippen molar-refractivity contribution in [3.63, 3.8) is 0 Å². The van der Waals surface area contributed by atoms with Crippen LogP contribution in [0.5, 0.6) is 0 Å². The first-order valence-electron chi connectivity index (χ1n) is 20.9. The topological polar surface area (TPSA) is 43.6 Å². The molecule has 0 bridgehead atoms. The predicted molar refractivity (Wildman–Crippen MR) is 261 cm³/mol. The van der Waals surface area contributed by atoms with Crippen LogP contribution in [0, 0.1) is 0 Å². The van der Waals surface area contributed by atoms with E-state index in [4.69, 9.17) is 15.0 Å². The van der Waals surface area contributed by atoms with Crippen LogP contribution < -0.4 is 0 Å². The van der Waals surface area contributed by atoms with E-state index in [0.29, 0.717) is 17.5 Å². The molecular formula is C57H34N4S. The summed E-state index contributed by atoms with van der Waals surface area (Å²) in [6.45, 7) is 0. The normalized spacial score (nSPS) is 11.9. The zero-order chi connectivity index (χ0) is 40.7. The van der Waals surface area contributed by atoms with Crippen molar-refractivity contribution in [2.75, 3.05) is 0 Å². The van der Waals surface area contributed by atoms with Crippen LogP contribution in [0.3, 0.4) is 0 Å². The van der Waals surface area contributed by atoms with Gasteiger partial charge in [0.2, 0.25) is 0 Å².